The van der Waals surface area contributed by atoms with Crippen molar-refractivity contribution in [2.45, 2.75) is 54.4 Å². The first-order valence-corrected chi connectivity index (χ1v) is 10.8. The van der Waals surface area contributed by atoms with Crippen LogP contribution in [0.25, 0.3) is 0 Å². The van der Waals surface area contributed by atoms with E-state index in [2.05, 4.69) is 28.7 Å². The Hall–Kier alpha value is -0.300. The van der Waals surface area contributed by atoms with Crippen molar-refractivity contribution in [1.82, 2.24) is 0 Å². The summed E-state index contributed by atoms with van der Waals surface area (Å²) in [4.78, 5) is 0. The number of hydrogen-bond acceptors (Lipinski definition) is 2. The number of nitrogens with zero attached hydrogens (tertiary/aromatic N) is 1. The molecule has 0 aromatic heterocycles. The lowest BCUT2D eigenvalue weighted by molar-refractivity contribution is 0.501. The SMILES string of the molecule is CS(=O)(=O)N1c2ccccc2C2C(I)CCCCCCC21. The van der Waals surface area contributed by atoms with E-state index in [1.54, 1.807) is 4.31 Å². The van der Waals surface area contributed by atoms with E-state index in [4.69, 9.17) is 0 Å². The molecule has 3 unspecified atom stereocenters. The van der Waals surface area contributed by atoms with Crippen LogP contribution in [0.1, 0.15) is 50.0 Å². The van der Waals surface area contributed by atoms with Crippen molar-refractivity contribution < 1.29 is 8.42 Å². The summed E-state index contributed by atoms with van der Waals surface area (Å²) < 4.78 is 27.0. The van der Waals surface area contributed by atoms with E-state index in [1.165, 1.54) is 37.5 Å². The van der Waals surface area contributed by atoms with Gasteiger partial charge in [-0.15, -0.1) is 0 Å². The molecule has 0 bridgehead atoms. The minimum absolute atomic E-state index is 0.109. The fraction of sp³-hybridized carbons (Fsp3) is 0.625. The Morgan fingerprint density at radius 3 is 2.48 bits per heavy atom. The van der Waals surface area contributed by atoms with Crippen molar-refractivity contribution in [2.24, 2.45) is 0 Å². The number of para-hydroxylation sites is 1. The van der Waals surface area contributed by atoms with E-state index in [0.29, 0.717) is 9.84 Å². The standard InChI is InChI=1S/C16H22INO2S/c1-21(19,20)18-14-10-7-6-8-12(14)16-13(17)9-4-2-3-5-11-15(16)18/h6-8,10,13,15-16H,2-5,9,11H2,1H3. The molecule has 3 rings (SSSR count). The third-order valence-corrected chi connectivity index (χ3v) is 7.31. The second kappa shape index (κ2) is 6.07. The van der Waals surface area contributed by atoms with Crippen molar-refractivity contribution in [2.75, 3.05) is 10.6 Å². The second-order valence-electron chi connectivity index (χ2n) is 6.22. The summed E-state index contributed by atoms with van der Waals surface area (Å²) in [7, 11) is -3.22. The van der Waals surface area contributed by atoms with Gasteiger partial charge in [0.05, 0.1) is 18.0 Å². The normalized spacial score (nSPS) is 30.0. The predicted molar refractivity (Wildman–Crippen MR) is 95.8 cm³/mol. The van der Waals surface area contributed by atoms with Crippen LogP contribution in [0.3, 0.4) is 0 Å². The van der Waals surface area contributed by atoms with Gasteiger partial charge in [0.25, 0.3) is 0 Å². The van der Waals surface area contributed by atoms with Gasteiger partial charge in [0, 0.05) is 9.84 Å². The molecule has 0 N–H and O–H groups in total. The third kappa shape index (κ3) is 2.96. The van der Waals surface area contributed by atoms with Gasteiger partial charge in [-0.25, -0.2) is 8.42 Å². The largest absolute Gasteiger partial charge is 0.266 e. The van der Waals surface area contributed by atoms with Gasteiger partial charge in [0.1, 0.15) is 0 Å². The maximum Gasteiger partial charge on any atom is 0.232 e. The molecule has 3 atom stereocenters. The summed E-state index contributed by atoms with van der Waals surface area (Å²) in [6.07, 6.45) is 8.41. The Kier molecular flexibility index (Phi) is 4.50. The zero-order valence-corrected chi connectivity index (χ0v) is 15.3. The molecule has 1 aromatic rings. The first kappa shape index (κ1) is 15.6. The van der Waals surface area contributed by atoms with Crippen molar-refractivity contribution in [3.8, 4) is 0 Å². The van der Waals surface area contributed by atoms with Gasteiger partial charge in [0.15, 0.2) is 0 Å². The number of hydrogen-bond donors (Lipinski definition) is 0. The quantitative estimate of drug-likeness (QED) is 0.508. The van der Waals surface area contributed by atoms with E-state index in [-0.39, 0.29) is 6.04 Å². The van der Waals surface area contributed by atoms with E-state index in [1.807, 2.05) is 18.2 Å². The van der Waals surface area contributed by atoms with Crippen LogP contribution in [0.2, 0.25) is 0 Å². The van der Waals surface area contributed by atoms with Crippen LogP contribution in [-0.2, 0) is 10.0 Å². The van der Waals surface area contributed by atoms with Gasteiger partial charge in [-0.2, -0.15) is 0 Å². The maximum absolute atomic E-state index is 12.4. The molecule has 1 aromatic carbocycles. The highest BCUT2D eigenvalue weighted by molar-refractivity contribution is 14.1. The minimum Gasteiger partial charge on any atom is -0.266 e. The molecule has 3 nitrogen and oxygen atoms in total. The summed E-state index contributed by atoms with van der Waals surface area (Å²) in [6, 6.07) is 8.19. The summed E-state index contributed by atoms with van der Waals surface area (Å²) in [5, 5.41) is 0. The zero-order valence-electron chi connectivity index (χ0n) is 12.3. The highest BCUT2D eigenvalue weighted by atomic mass is 127. The maximum atomic E-state index is 12.4. The van der Waals surface area contributed by atoms with Gasteiger partial charge in [-0.05, 0) is 24.5 Å². The summed E-state index contributed by atoms with van der Waals surface area (Å²) in [5.74, 6) is 0.342. The third-order valence-electron chi connectivity index (χ3n) is 4.73. The van der Waals surface area contributed by atoms with Crippen LogP contribution in [0.15, 0.2) is 24.3 Å². The van der Waals surface area contributed by atoms with Crippen LogP contribution in [-0.4, -0.2) is 24.6 Å². The number of halogens is 1. The second-order valence-corrected chi connectivity index (χ2v) is 9.68. The van der Waals surface area contributed by atoms with Gasteiger partial charge >= 0.3 is 0 Å². The van der Waals surface area contributed by atoms with E-state index >= 15 is 0 Å². The van der Waals surface area contributed by atoms with Crippen LogP contribution in [0.5, 0.6) is 0 Å². The van der Waals surface area contributed by atoms with Crippen LogP contribution in [0, 0.1) is 0 Å². The summed E-state index contributed by atoms with van der Waals surface area (Å²) in [6.45, 7) is 0. The molecule has 116 valence electrons. The average Bonchev–Trinajstić information content (AvgIpc) is 2.78. The van der Waals surface area contributed by atoms with Crippen LogP contribution in [0.4, 0.5) is 5.69 Å². The van der Waals surface area contributed by atoms with Gasteiger partial charge in [-0.1, -0.05) is 66.5 Å². The van der Waals surface area contributed by atoms with Gasteiger partial charge < -0.3 is 0 Å². The van der Waals surface area contributed by atoms with Crippen LogP contribution >= 0.6 is 22.6 Å². The highest BCUT2D eigenvalue weighted by Gasteiger charge is 2.44. The molecule has 0 radical (unpaired) electrons. The Morgan fingerprint density at radius 1 is 1.10 bits per heavy atom. The molecule has 5 heteroatoms. The Bertz CT molecular complexity index is 616. The summed E-state index contributed by atoms with van der Waals surface area (Å²) in [5.41, 5.74) is 2.14. The number of anilines is 1. The van der Waals surface area contributed by atoms with Crippen molar-refractivity contribution in [1.29, 1.82) is 0 Å². The van der Waals surface area contributed by atoms with E-state index in [9.17, 15) is 8.42 Å². The van der Waals surface area contributed by atoms with Gasteiger partial charge in [0.2, 0.25) is 10.0 Å². The molecule has 1 aliphatic heterocycles. The smallest absolute Gasteiger partial charge is 0.232 e. The number of benzene rings is 1. The molecule has 1 fully saturated rings. The van der Waals surface area contributed by atoms with Crippen molar-refractivity contribution >= 4 is 38.3 Å². The number of sulfonamides is 1. The van der Waals surface area contributed by atoms with E-state index in [0.717, 1.165) is 18.5 Å². The lowest BCUT2D eigenvalue weighted by atomic mass is 9.88. The molecule has 0 amide bonds. The highest BCUT2D eigenvalue weighted by Crippen LogP contribution is 2.49. The van der Waals surface area contributed by atoms with Crippen molar-refractivity contribution in [3.05, 3.63) is 29.8 Å². The number of alkyl halides is 1. The fourth-order valence-electron chi connectivity index (χ4n) is 3.89. The molecule has 1 saturated carbocycles. The molecular formula is C16H22INO2S. The fourth-order valence-corrected chi connectivity index (χ4v) is 6.44. The Labute approximate surface area is 141 Å². The monoisotopic (exact) mass is 419 g/mol. The van der Waals surface area contributed by atoms with Crippen LogP contribution < -0.4 is 4.31 Å². The zero-order chi connectivity index (χ0) is 15.0. The number of rotatable bonds is 1. The first-order chi connectivity index (χ1) is 10.00. The molecule has 2 aliphatic rings. The summed E-state index contributed by atoms with van der Waals surface area (Å²) >= 11 is 2.55. The van der Waals surface area contributed by atoms with Gasteiger partial charge in [-0.3, -0.25) is 4.31 Å². The lowest BCUT2D eigenvalue weighted by Crippen LogP contribution is -2.40. The molecule has 0 saturated heterocycles. The Balaban J connectivity index is 2.10. The molecule has 21 heavy (non-hydrogen) atoms. The lowest BCUT2D eigenvalue weighted by Gasteiger charge is -2.30. The average molecular weight is 419 g/mol. The van der Waals surface area contributed by atoms with E-state index < -0.39 is 10.0 Å². The molecule has 0 spiro atoms. The number of fused-ring (bicyclic) bond motifs is 3. The molecular weight excluding hydrogens is 397 g/mol. The molecule has 1 heterocycles. The predicted octanol–water partition coefficient (Wildman–Crippen LogP) is 4.08. The van der Waals surface area contributed by atoms with Crippen molar-refractivity contribution in [3.63, 3.8) is 0 Å². The minimum atomic E-state index is -3.22. The Morgan fingerprint density at radius 2 is 1.76 bits per heavy atom. The topological polar surface area (TPSA) is 37.4 Å². The molecule has 1 aliphatic carbocycles. The first-order valence-electron chi connectivity index (χ1n) is 7.72.